The van der Waals surface area contributed by atoms with Crippen molar-refractivity contribution in [3.05, 3.63) is 83.9 Å². The number of carboxylic acid groups (broad SMARTS) is 2. The van der Waals surface area contributed by atoms with Crippen LogP contribution in [0.5, 0.6) is 0 Å². The van der Waals surface area contributed by atoms with Crippen LogP contribution in [0.15, 0.2) is 72.8 Å². The lowest BCUT2D eigenvalue weighted by Gasteiger charge is -2.07. The van der Waals surface area contributed by atoms with Gasteiger partial charge >= 0.3 is 11.9 Å². The second-order valence-corrected chi connectivity index (χ2v) is 5.35. The summed E-state index contributed by atoms with van der Waals surface area (Å²) in [7, 11) is 0. The van der Waals surface area contributed by atoms with Gasteiger partial charge in [-0.2, -0.15) is 0 Å². The number of carboxylic acids is 2. The predicted octanol–water partition coefficient (Wildman–Crippen LogP) is 4.42. The molecule has 0 fully saturated rings. The zero-order chi connectivity index (χ0) is 17.1. The molecule has 0 aliphatic heterocycles. The molecule has 0 heterocycles. The molecular formula is C20H14O4. The predicted molar refractivity (Wildman–Crippen MR) is 91.2 cm³/mol. The summed E-state index contributed by atoms with van der Waals surface area (Å²) in [6, 6.07) is 21.0. The minimum absolute atomic E-state index is 0.228. The van der Waals surface area contributed by atoms with Gasteiger partial charge in [0.2, 0.25) is 0 Å². The minimum atomic E-state index is -0.970. The first-order valence-corrected chi connectivity index (χ1v) is 7.32. The normalized spacial score (nSPS) is 10.3. The highest BCUT2D eigenvalue weighted by atomic mass is 16.4. The quantitative estimate of drug-likeness (QED) is 0.747. The van der Waals surface area contributed by atoms with Gasteiger partial charge in [-0.1, -0.05) is 42.5 Å². The highest BCUT2D eigenvalue weighted by Gasteiger charge is 2.08. The van der Waals surface area contributed by atoms with Crippen molar-refractivity contribution in [2.75, 3.05) is 0 Å². The largest absolute Gasteiger partial charge is 0.478 e. The van der Waals surface area contributed by atoms with Crippen LogP contribution in [0.4, 0.5) is 0 Å². The molecule has 0 aliphatic rings. The van der Waals surface area contributed by atoms with Crippen LogP contribution in [0.3, 0.4) is 0 Å². The Morgan fingerprint density at radius 3 is 1.25 bits per heavy atom. The molecule has 0 saturated heterocycles. The maximum Gasteiger partial charge on any atom is 0.335 e. The first-order valence-electron chi connectivity index (χ1n) is 7.32. The van der Waals surface area contributed by atoms with Crippen LogP contribution in [0.1, 0.15) is 20.7 Å². The first-order chi connectivity index (χ1) is 11.5. The van der Waals surface area contributed by atoms with Gasteiger partial charge in [-0.25, -0.2) is 9.59 Å². The Bertz CT molecular complexity index is 855. The van der Waals surface area contributed by atoms with E-state index in [2.05, 4.69) is 0 Å². The third-order valence-electron chi connectivity index (χ3n) is 3.75. The van der Waals surface area contributed by atoms with Gasteiger partial charge in [-0.3, -0.25) is 0 Å². The molecule has 2 N–H and O–H groups in total. The number of hydrogen-bond acceptors (Lipinski definition) is 2. The molecule has 0 atom stereocenters. The molecule has 3 rings (SSSR count). The van der Waals surface area contributed by atoms with Crippen molar-refractivity contribution in [1.82, 2.24) is 0 Å². The van der Waals surface area contributed by atoms with Gasteiger partial charge in [0, 0.05) is 0 Å². The highest BCUT2D eigenvalue weighted by molar-refractivity contribution is 5.90. The molecule has 0 aliphatic carbocycles. The van der Waals surface area contributed by atoms with E-state index in [0.717, 1.165) is 22.3 Å². The lowest BCUT2D eigenvalue weighted by Crippen LogP contribution is -1.96. The van der Waals surface area contributed by atoms with Gasteiger partial charge in [0.15, 0.2) is 0 Å². The van der Waals surface area contributed by atoms with E-state index >= 15 is 0 Å². The summed E-state index contributed by atoms with van der Waals surface area (Å²) in [5, 5.41) is 18.2. The summed E-state index contributed by atoms with van der Waals surface area (Å²) >= 11 is 0. The molecule has 24 heavy (non-hydrogen) atoms. The van der Waals surface area contributed by atoms with Gasteiger partial charge in [0.25, 0.3) is 0 Å². The average Bonchev–Trinajstić information content (AvgIpc) is 2.62. The van der Waals surface area contributed by atoms with E-state index in [9.17, 15) is 9.59 Å². The smallest absolute Gasteiger partial charge is 0.335 e. The summed E-state index contributed by atoms with van der Waals surface area (Å²) in [5.74, 6) is -1.94. The van der Waals surface area contributed by atoms with E-state index < -0.39 is 11.9 Å². The van der Waals surface area contributed by atoms with E-state index in [1.165, 1.54) is 0 Å². The van der Waals surface area contributed by atoms with Gasteiger partial charge in [0.1, 0.15) is 0 Å². The third-order valence-corrected chi connectivity index (χ3v) is 3.75. The number of hydrogen-bond donors (Lipinski definition) is 2. The lowest BCUT2D eigenvalue weighted by molar-refractivity contribution is 0.0686. The van der Waals surface area contributed by atoms with Crippen molar-refractivity contribution < 1.29 is 19.8 Å². The first kappa shape index (κ1) is 15.5. The number of aromatic carboxylic acids is 2. The Labute approximate surface area is 138 Å². The molecule has 4 nitrogen and oxygen atoms in total. The van der Waals surface area contributed by atoms with Crippen LogP contribution in [0.25, 0.3) is 22.3 Å². The van der Waals surface area contributed by atoms with Crippen LogP contribution in [-0.4, -0.2) is 22.2 Å². The van der Waals surface area contributed by atoms with E-state index in [1.807, 2.05) is 36.4 Å². The van der Waals surface area contributed by atoms with Crippen LogP contribution < -0.4 is 0 Å². The molecule has 118 valence electrons. The van der Waals surface area contributed by atoms with E-state index in [4.69, 9.17) is 10.2 Å². The molecule has 4 heteroatoms. The van der Waals surface area contributed by atoms with Crippen LogP contribution in [-0.2, 0) is 0 Å². The molecule has 0 spiro atoms. The Balaban J connectivity index is 2.04. The minimum Gasteiger partial charge on any atom is -0.478 e. The Morgan fingerprint density at radius 2 is 0.875 bits per heavy atom. The molecule has 0 unspecified atom stereocenters. The van der Waals surface area contributed by atoms with Crippen molar-refractivity contribution >= 4 is 11.9 Å². The summed E-state index contributed by atoms with van der Waals surface area (Å²) in [5.41, 5.74) is 3.79. The number of rotatable bonds is 4. The van der Waals surface area contributed by atoms with Crippen molar-refractivity contribution in [3.8, 4) is 22.3 Å². The fourth-order valence-corrected chi connectivity index (χ4v) is 2.54. The molecule has 0 amide bonds. The molecule has 0 aromatic heterocycles. The van der Waals surface area contributed by atoms with E-state index in [0.29, 0.717) is 0 Å². The average molecular weight is 318 g/mol. The Hall–Kier alpha value is -3.40. The summed E-state index contributed by atoms with van der Waals surface area (Å²) in [6.45, 7) is 0. The van der Waals surface area contributed by atoms with Crippen molar-refractivity contribution in [1.29, 1.82) is 0 Å². The molecule has 3 aromatic carbocycles. The Kier molecular flexibility index (Phi) is 4.12. The third kappa shape index (κ3) is 3.17. The van der Waals surface area contributed by atoms with Crippen molar-refractivity contribution in [2.45, 2.75) is 0 Å². The van der Waals surface area contributed by atoms with Gasteiger partial charge in [-0.15, -0.1) is 0 Å². The number of carbonyl (C=O) groups is 2. The topological polar surface area (TPSA) is 74.6 Å². The van der Waals surface area contributed by atoms with Crippen LogP contribution >= 0.6 is 0 Å². The summed E-state index contributed by atoms with van der Waals surface area (Å²) < 4.78 is 0. The molecule has 0 radical (unpaired) electrons. The fourth-order valence-electron chi connectivity index (χ4n) is 2.54. The summed E-state index contributed by atoms with van der Waals surface area (Å²) in [6.07, 6.45) is 0. The maximum absolute atomic E-state index is 11.1. The lowest BCUT2D eigenvalue weighted by atomic mass is 9.97. The van der Waals surface area contributed by atoms with Gasteiger partial charge in [0.05, 0.1) is 11.1 Å². The Morgan fingerprint density at radius 1 is 0.542 bits per heavy atom. The van der Waals surface area contributed by atoms with Gasteiger partial charge < -0.3 is 10.2 Å². The molecular weight excluding hydrogens is 304 g/mol. The second-order valence-electron chi connectivity index (χ2n) is 5.35. The standard InChI is InChI=1S/C20H14O4/c21-19(22)17-8-2-6-15(11-17)13-4-1-5-14(10-13)16-7-3-9-18(12-16)20(23)24/h1-12H,(H,21,22)(H,23,24). The van der Waals surface area contributed by atoms with Crippen molar-refractivity contribution in [2.24, 2.45) is 0 Å². The van der Waals surface area contributed by atoms with E-state index in [-0.39, 0.29) is 11.1 Å². The zero-order valence-corrected chi connectivity index (χ0v) is 12.6. The maximum atomic E-state index is 11.1. The monoisotopic (exact) mass is 318 g/mol. The van der Waals surface area contributed by atoms with Crippen LogP contribution in [0, 0.1) is 0 Å². The summed E-state index contributed by atoms with van der Waals surface area (Å²) in [4.78, 5) is 22.2. The van der Waals surface area contributed by atoms with E-state index in [1.54, 1.807) is 36.4 Å². The molecule has 0 bridgehead atoms. The van der Waals surface area contributed by atoms with Crippen molar-refractivity contribution in [3.63, 3.8) is 0 Å². The second kappa shape index (κ2) is 6.38. The highest BCUT2D eigenvalue weighted by Crippen LogP contribution is 2.27. The van der Waals surface area contributed by atoms with Gasteiger partial charge in [-0.05, 0) is 52.6 Å². The fraction of sp³-hybridized carbons (Fsp3) is 0. The molecule has 0 saturated carbocycles. The SMILES string of the molecule is O=C(O)c1cccc(-c2cccc(-c3cccc(C(=O)O)c3)c2)c1. The number of benzene rings is 3. The zero-order valence-electron chi connectivity index (χ0n) is 12.6. The molecule has 3 aromatic rings. The van der Waals surface area contributed by atoms with Crippen LogP contribution in [0.2, 0.25) is 0 Å².